The number of hydrogen-bond donors (Lipinski definition) is 9. The highest BCUT2D eigenvalue weighted by Gasteiger charge is 2.51. The first kappa shape index (κ1) is 82.5. The molecule has 90 heavy (non-hydrogen) atoms. The van der Waals surface area contributed by atoms with E-state index in [-0.39, 0.29) is 18.9 Å². The lowest BCUT2D eigenvalue weighted by Crippen LogP contribution is -2.65. The molecule has 0 radical (unpaired) electrons. The van der Waals surface area contributed by atoms with Crippen molar-refractivity contribution in [1.82, 2.24) is 5.32 Å². The number of hydrogen-bond acceptors (Lipinski definition) is 13. The third-order valence-electron chi connectivity index (χ3n) is 16.6. The van der Waals surface area contributed by atoms with Crippen molar-refractivity contribution in [2.75, 3.05) is 19.8 Å². The van der Waals surface area contributed by atoms with E-state index in [4.69, 9.17) is 18.9 Å². The molecule has 14 heteroatoms. The van der Waals surface area contributed by atoms with E-state index in [1.54, 1.807) is 6.08 Å². The molecule has 12 unspecified atom stereocenters. The van der Waals surface area contributed by atoms with Crippen molar-refractivity contribution in [1.29, 1.82) is 0 Å². The van der Waals surface area contributed by atoms with Gasteiger partial charge in [0.25, 0.3) is 0 Å². The summed E-state index contributed by atoms with van der Waals surface area (Å²) in [6.45, 7) is 2.66. The summed E-state index contributed by atoms with van der Waals surface area (Å²) in [6.07, 6.45) is 69.8. The normalized spacial score (nSPS) is 23.7. The molecule has 0 aliphatic carbocycles. The quantitative estimate of drug-likeness (QED) is 0.0204. The lowest BCUT2D eigenvalue weighted by molar-refractivity contribution is -0.359. The number of allylic oxidation sites excluding steroid dienone is 19. The summed E-state index contributed by atoms with van der Waals surface area (Å²) in [5.74, 6) is -0.252. The molecule has 14 nitrogen and oxygen atoms in total. The van der Waals surface area contributed by atoms with Gasteiger partial charge in [0.05, 0.1) is 32.0 Å². The van der Waals surface area contributed by atoms with E-state index in [1.807, 2.05) is 6.08 Å². The van der Waals surface area contributed by atoms with E-state index in [2.05, 4.69) is 129 Å². The molecule has 9 N–H and O–H groups in total. The topological polar surface area (TPSA) is 228 Å². The first-order chi connectivity index (χ1) is 44.1. The van der Waals surface area contributed by atoms with Crippen LogP contribution in [0.3, 0.4) is 0 Å². The number of ether oxygens (including phenoxy) is 4. The van der Waals surface area contributed by atoms with E-state index in [0.29, 0.717) is 12.8 Å². The molecule has 2 fully saturated rings. The molecule has 2 heterocycles. The molecule has 1 amide bonds. The van der Waals surface area contributed by atoms with Crippen LogP contribution in [0.15, 0.2) is 122 Å². The van der Waals surface area contributed by atoms with Crippen molar-refractivity contribution in [2.45, 2.75) is 331 Å². The average Bonchev–Trinajstić information content (AvgIpc) is 1.58. The molecule has 2 saturated heterocycles. The van der Waals surface area contributed by atoms with E-state index < -0.39 is 86.8 Å². The molecule has 0 aromatic carbocycles. The first-order valence-corrected chi connectivity index (χ1v) is 35.8. The minimum atomic E-state index is -1.79. The van der Waals surface area contributed by atoms with Crippen molar-refractivity contribution in [3.8, 4) is 0 Å². The summed E-state index contributed by atoms with van der Waals surface area (Å²) in [6, 6.07) is -0.937. The highest BCUT2D eigenvalue weighted by molar-refractivity contribution is 5.76. The zero-order chi connectivity index (χ0) is 65.2. The van der Waals surface area contributed by atoms with Crippen molar-refractivity contribution in [2.24, 2.45) is 0 Å². The number of unbranched alkanes of at least 4 members (excludes halogenated alkanes) is 26. The second-order valence-electron chi connectivity index (χ2n) is 24.6. The van der Waals surface area contributed by atoms with Crippen molar-refractivity contribution in [3.63, 3.8) is 0 Å². The molecule has 2 aliphatic heterocycles. The zero-order valence-electron chi connectivity index (χ0n) is 56.1. The number of carbonyl (C=O) groups excluding carboxylic acids is 1. The molecular formula is C76H129NO13. The van der Waals surface area contributed by atoms with Crippen LogP contribution in [0.5, 0.6) is 0 Å². The van der Waals surface area contributed by atoms with Gasteiger partial charge < -0.3 is 65.1 Å². The highest BCUT2D eigenvalue weighted by atomic mass is 16.7. The lowest BCUT2D eigenvalue weighted by atomic mass is 9.97. The predicted molar refractivity (Wildman–Crippen MR) is 368 cm³/mol. The number of aliphatic hydroxyl groups is 8. The van der Waals surface area contributed by atoms with Gasteiger partial charge in [0.15, 0.2) is 12.6 Å². The smallest absolute Gasteiger partial charge is 0.220 e. The van der Waals surface area contributed by atoms with Gasteiger partial charge in [0, 0.05) is 6.42 Å². The minimum Gasteiger partial charge on any atom is -0.394 e. The number of aliphatic hydroxyl groups excluding tert-OH is 8. The lowest BCUT2D eigenvalue weighted by Gasteiger charge is -2.46. The predicted octanol–water partition coefficient (Wildman–Crippen LogP) is 14.9. The fraction of sp³-hybridized carbons (Fsp3) is 0.724. The third kappa shape index (κ3) is 42.6. The van der Waals surface area contributed by atoms with E-state index in [1.165, 1.54) is 141 Å². The summed E-state index contributed by atoms with van der Waals surface area (Å²) in [5.41, 5.74) is 0. The Kier molecular flexibility index (Phi) is 54.2. The molecule has 516 valence electrons. The molecule has 0 bridgehead atoms. The Morgan fingerprint density at radius 2 is 0.778 bits per heavy atom. The van der Waals surface area contributed by atoms with Crippen molar-refractivity contribution in [3.05, 3.63) is 122 Å². The Bertz CT molecular complexity index is 1980. The summed E-state index contributed by atoms with van der Waals surface area (Å²) in [5, 5.41) is 87.3. The Morgan fingerprint density at radius 1 is 0.411 bits per heavy atom. The highest BCUT2D eigenvalue weighted by Crippen LogP contribution is 2.30. The van der Waals surface area contributed by atoms with E-state index in [9.17, 15) is 45.6 Å². The van der Waals surface area contributed by atoms with Gasteiger partial charge in [-0.25, -0.2) is 0 Å². The molecule has 0 spiro atoms. The van der Waals surface area contributed by atoms with Crippen molar-refractivity contribution < 1.29 is 64.6 Å². The number of amides is 1. The fourth-order valence-corrected chi connectivity index (χ4v) is 11.0. The van der Waals surface area contributed by atoms with Crippen LogP contribution in [0.2, 0.25) is 0 Å². The van der Waals surface area contributed by atoms with Gasteiger partial charge in [-0.15, -0.1) is 0 Å². The van der Waals surface area contributed by atoms with Gasteiger partial charge in [0.2, 0.25) is 5.91 Å². The van der Waals surface area contributed by atoms with Crippen LogP contribution < -0.4 is 5.32 Å². The average molecular weight is 1260 g/mol. The van der Waals surface area contributed by atoms with Crippen LogP contribution in [-0.4, -0.2) is 140 Å². The maximum atomic E-state index is 13.3. The largest absolute Gasteiger partial charge is 0.394 e. The first-order valence-electron chi connectivity index (χ1n) is 35.8. The molecule has 12 atom stereocenters. The second-order valence-corrected chi connectivity index (χ2v) is 24.6. The summed E-state index contributed by atoms with van der Waals surface area (Å²) in [7, 11) is 0. The third-order valence-corrected chi connectivity index (χ3v) is 16.6. The molecule has 2 rings (SSSR count). The molecule has 2 aliphatic rings. The van der Waals surface area contributed by atoms with Crippen LogP contribution in [0, 0.1) is 0 Å². The van der Waals surface area contributed by atoms with Crippen molar-refractivity contribution >= 4 is 5.91 Å². The fourth-order valence-electron chi connectivity index (χ4n) is 11.0. The number of carbonyl (C=O) groups is 1. The van der Waals surface area contributed by atoms with E-state index >= 15 is 0 Å². The molecule has 0 aromatic rings. The minimum absolute atomic E-state index is 0.252. The Labute approximate surface area is 546 Å². The monoisotopic (exact) mass is 1260 g/mol. The van der Waals surface area contributed by atoms with Crippen LogP contribution in [0.1, 0.15) is 258 Å². The summed E-state index contributed by atoms with van der Waals surface area (Å²) < 4.78 is 22.8. The van der Waals surface area contributed by atoms with E-state index in [0.717, 1.165) is 83.5 Å². The summed E-state index contributed by atoms with van der Waals surface area (Å²) >= 11 is 0. The van der Waals surface area contributed by atoms with Crippen LogP contribution in [-0.2, 0) is 23.7 Å². The SMILES string of the molecule is CC/C=C\C/C=C\C/C=C\C/C=C\C/C=C\C/C=C\C/C=C\C/C=C\CCCCCCCCCCCCCCCCCCC(=O)NC(COC1OC(CO)C(OC2OC(CO)C(O)C(O)C2O)C(O)C1O)C(O)/C=C/CC/C=C/CCCCCCCCCCC. The maximum absolute atomic E-state index is 13.3. The van der Waals surface area contributed by atoms with Gasteiger partial charge in [-0.3, -0.25) is 4.79 Å². The van der Waals surface area contributed by atoms with Gasteiger partial charge in [0.1, 0.15) is 48.8 Å². The van der Waals surface area contributed by atoms with Gasteiger partial charge in [-0.05, 0) is 96.3 Å². The van der Waals surface area contributed by atoms with Gasteiger partial charge in [-0.2, -0.15) is 0 Å². The molecular weight excluding hydrogens is 1130 g/mol. The van der Waals surface area contributed by atoms with Crippen LogP contribution in [0.4, 0.5) is 0 Å². The zero-order valence-corrected chi connectivity index (χ0v) is 56.1. The maximum Gasteiger partial charge on any atom is 0.220 e. The molecule has 0 aromatic heterocycles. The summed E-state index contributed by atoms with van der Waals surface area (Å²) in [4.78, 5) is 13.3. The number of nitrogens with one attached hydrogen (secondary N) is 1. The van der Waals surface area contributed by atoms with Crippen LogP contribution >= 0.6 is 0 Å². The second kappa shape index (κ2) is 59.2. The Hall–Kier alpha value is -3.61. The van der Waals surface area contributed by atoms with Gasteiger partial charge >= 0.3 is 0 Å². The standard InChI is InChI=1S/C76H129NO13/c1-3-5-7-9-11-13-15-17-19-20-21-22-23-24-25-26-27-28-29-30-31-32-33-34-35-36-37-38-39-40-41-42-43-44-46-48-50-52-54-56-58-60-68(81)77-64(65(80)59-57-55-53-51-49-47-45-18-16-14-12-10-8-6-4-2)63-87-75-73(86)71(84)74(67(62-79)89-75)90-76-72(85)70(83)69(82)66(61-78)88-76/h5,7,11,13,17,19,21-22,24-25,27-28,30-31,33-34,49,51,57,59,64-67,69-76,78-80,82-86H,3-4,6,8-10,12,14-16,18,20,23,26,29,32,35-48,50,52-56,58,60-63H2,1-2H3,(H,77,81)/b7-5-,13-11-,19-17-,22-21-,25-24-,28-27-,31-30-,34-33-,51-49+,59-57+. The Balaban J connectivity index is 1.59. The molecule has 0 saturated carbocycles. The van der Waals surface area contributed by atoms with Gasteiger partial charge in [-0.1, -0.05) is 277 Å². The number of rotatable bonds is 57. The van der Waals surface area contributed by atoms with Crippen LogP contribution in [0.25, 0.3) is 0 Å². The Morgan fingerprint density at radius 3 is 1.22 bits per heavy atom.